The number of rotatable bonds is 4. The van der Waals surface area contributed by atoms with Crippen molar-refractivity contribution >= 4 is 11.6 Å². The van der Waals surface area contributed by atoms with E-state index in [0.29, 0.717) is 5.02 Å². The molecule has 0 radical (unpaired) electrons. The molecule has 0 aliphatic rings. The number of hydrogen-bond donors (Lipinski definition) is 2. The molecule has 80 valence electrons. The number of aromatic nitrogens is 1. The third-order valence-electron chi connectivity index (χ3n) is 2.12. The van der Waals surface area contributed by atoms with E-state index in [0.717, 1.165) is 18.4 Å². The molecule has 0 amide bonds. The second-order valence-corrected chi connectivity index (χ2v) is 3.49. The lowest BCUT2D eigenvalue weighted by Crippen LogP contribution is -2.28. The summed E-state index contributed by atoms with van der Waals surface area (Å²) in [6.07, 6.45) is 4.95. The Morgan fingerprint density at radius 2 is 2.47 bits per heavy atom. The van der Waals surface area contributed by atoms with E-state index in [1.54, 1.807) is 12.4 Å². The normalized spacial score (nSPS) is 11.7. The van der Waals surface area contributed by atoms with E-state index in [-0.39, 0.29) is 6.04 Å². The van der Waals surface area contributed by atoms with E-state index in [4.69, 9.17) is 17.4 Å². The van der Waals surface area contributed by atoms with Gasteiger partial charge in [-0.15, -0.1) is 11.8 Å². The first-order chi connectivity index (χ1) is 7.29. The van der Waals surface area contributed by atoms with Crippen molar-refractivity contribution in [3.63, 3.8) is 0 Å². The molecular formula is C11H14ClN3. The van der Waals surface area contributed by atoms with Gasteiger partial charge in [-0.1, -0.05) is 11.6 Å². The summed E-state index contributed by atoms with van der Waals surface area (Å²) >= 11 is 6.02. The lowest BCUT2D eigenvalue weighted by atomic mass is 10.0. The minimum atomic E-state index is 0.0290. The van der Waals surface area contributed by atoms with Crippen molar-refractivity contribution in [2.75, 3.05) is 0 Å². The third kappa shape index (κ3) is 3.52. The Morgan fingerprint density at radius 3 is 3.07 bits per heavy atom. The van der Waals surface area contributed by atoms with Gasteiger partial charge in [-0.3, -0.25) is 16.3 Å². The van der Waals surface area contributed by atoms with E-state index >= 15 is 0 Å². The largest absolute Gasteiger partial charge is 0.271 e. The summed E-state index contributed by atoms with van der Waals surface area (Å²) in [5.74, 6) is 11.3. The summed E-state index contributed by atoms with van der Waals surface area (Å²) in [6, 6.07) is 1.90. The molecule has 1 heterocycles. The molecule has 0 bridgehead atoms. The van der Waals surface area contributed by atoms with Crippen LogP contribution in [-0.2, 0) is 0 Å². The van der Waals surface area contributed by atoms with Crippen LogP contribution in [0.3, 0.4) is 0 Å². The first kappa shape index (κ1) is 12.0. The number of nitrogens with one attached hydrogen (secondary N) is 1. The van der Waals surface area contributed by atoms with E-state index in [2.05, 4.69) is 22.3 Å². The number of halogens is 1. The molecule has 1 rings (SSSR count). The van der Waals surface area contributed by atoms with Crippen LogP contribution in [0.4, 0.5) is 0 Å². The van der Waals surface area contributed by atoms with E-state index < -0.39 is 0 Å². The zero-order valence-corrected chi connectivity index (χ0v) is 9.38. The third-order valence-corrected chi connectivity index (χ3v) is 2.43. The molecule has 1 unspecified atom stereocenters. The Bertz CT molecular complexity index is 368. The van der Waals surface area contributed by atoms with Gasteiger partial charge in [-0.2, -0.15) is 0 Å². The number of nitrogens with zero attached hydrogens (tertiary/aromatic N) is 1. The van der Waals surface area contributed by atoms with Gasteiger partial charge in [0, 0.05) is 24.9 Å². The smallest absolute Gasteiger partial charge is 0.0637 e. The maximum atomic E-state index is 6.02. The fraction of sp³-hybridized carbons (Fsp3) is 0.364. The fourth-order valence-corrected chi connectivity index (χ4v) is 1.59. The van der Waals surface area contributed by atoms with Crippen LogP contribution < -0.4 is 11.3 Å². The van der Waals surface area contributed by atoms with Gasteiger partial charge in [0.15, 0.2) is 0 Å². The van der Waals surface area contributed by atoms with Crippen LogP contribution in [0.5, 0.6) is 0 Å². The molecule has 1 atom stereocenters. The molecule has 0 spiro atoms. The van der Waals surface area contributed by atoms with Gasteiger partial charge in [-0.25, -0.2) is 0 Å². The number of pyridine rings is 1. The highest BCUT2D eigenvalue weighted by Gasteiger charge is 2.11. The van der Waals surface area contributed by atoms with E-state index in [1.165, 1.54) is 0 Å². The van der Waals surface area contributed by atoms with E-state index in [9.17, 15) is 0 Å². The Balaban J connectivity index is 2.72. The lowest BCUT2D eigenvalue weighted by Gasteiger charge is -2.15. The second kappa shape index (κ2) is 6.41. The van der Waals surface area contributed by atoms with Gasteiger partial charge in [-0.05, 0) is 25.0 Å². The molecule has 0 aromatic carbocycles. The van der Waals surface area contributed by atoms with Crippen LogP contribution >= 0.6 is 11.6 Å². The van der Waals surface area contributed by atoms with Gasteiger partial charge >= 0.3 is 0 Å². The van der Waals surface area contributed by atoms with Crippen molar-refractivity contribution in [3.05, 3.63) is 29.0 Å². The first-order valence-corrected chi connectivity index (χ1v) is 5.12. The van der Waals surface area contributed by atoms with Crippen LogP contribution in [-0.4, -0.2) is 4.98 Å². The van der Waals surface area contributed by atoms with Crippen LogP contribution in [0, 0.1) is 11.8 Å². The number of hydrogen-bond acceptors (Lipinski definition) is 3. The molecule has 3 N–H and O–H groups in total. The highest BCUT2D eigenvalue weighted by atomic mass is 35.5. The minimum Gasteiger partial charge on any atom is -0.271 e. The molecule has 1 aromatic rings. The minimum absolute atomic E-state index is 0.0290. The van der Waals surface area contributed by atoms with Crippen molar-refractivity contribution in [2.45, 2.75) is 25.8 Å². The molecule has 0 fully saturated rings. The average Bonchev–Trinajstić information content (AvgIpc) is 2.26. The summed E-state index contributed by atoms with van der Waals surface area (Å²) < 4.78 is 0. The maximum Gasteiger partial charge on any atom is 0.0637 e. The molecular weight excluding hydrogens is 210 g/mol. The topological polar surface area (TPSA) is 50.9 Å². The van der Waals surface area contributed by atoms with Crippen molar-refractivity contribution in [3.8, 4) is 11.8 Å². The van der Waals surface area contributed by atoms with Crippen molar-refractivity contribution in [2.24, 2.45) is 5.84 Å². The molecule has 4 heteroatoms. The Kier molecular flexibility index (Phi) is 5.13. The zero-order chi connectivity index (χ0) is 11.1. The SMILES string of the molecule is CC#CCCC(NN)c1ccncc1Cl. The predicted molar refractivity (Wildman–Crippen MR) is 62.0 cm³/mol. The van der Waals surface area contributed by atoms with Gasteiger partial charge in [0.2, 0.25) is 0 Å². The summed E-state index contributed by atoms with van der Waals surface area (Å²) in [4.78, 5) is 3.93. The predicted octanol–water partition coefficient (Wildman–Crippen LogP) is 2.04. The summed E-state index contributed by atoms with van der Waals surface area (Å²) in [5, 5.41) is 0.630. The highest BCUT2D eigenvalue weighted by Crippen LogP contribution is 2.24. The van der Waals surface area contributed by atoms with Crippen LogP contribution in [0.1, 0.15) is 31.4 Å². The van der Waals surface area contributed by atoms with Crippen LogP contribution in [0.15, 0.2) is 18.5 Å². The first-order valence-electron chi connectivity index (χ1n) is 4.74. The van der Waals surface area contributed by atoms with Gasteiger partial charge in [0.25, 0.3) is 0 Å². The van der Waals surface area contributed by atoms with E-state index in [1.807, 2.05) is 13.0 Å². The summed E-state index contributed by atoms with van der Waals surface area (Å²) in [6.45, 7) is 1.82. The van der Waals surface area contributed by atoms with Crippen molar-refractivity contribution < 1.29 is 0 Å². The molecule has 0 aliphatic heterocycles. The number of hydrazine groups is 1. The van der Waals surface area contributed by atoms with Crippen molar-refractivity contribution in [1.29, 1.82) is 0 Å². The van der Waals surface area contributed by atoms with Crippen LogP contribution in [0.2, 0.25) is 5.02 Å². The molecule has 15 heavy (non-hydrogen) atoms. The summed E-state index contributed by atoms with van der Waals surface area (Å²) in [7, 11) is 0. The standard InChI is InChI=1S/C11H14ClN3/c1-2-3-4-5-11(15-13)9-6-7-14-8-10(9)12/h6-8,11,15H,4-5,13H2,1H3. The monoisotopic (exact) mass is 223 g/mol. The lowest BCUT2D eigenvalue weighted by molar-refractivity contribution is 0.523. The molecule has 0 saturated heterocycles. The maximum absolute atomic E-state index is 6.02. The van der Waals surface area contributed by atoms with Gasteiger partial charge in [0.1, 0.15) is 0 Å². The molecule has 0 aliphatic carbocycles. The number of nitrogens with two attached hydrogens (primary N) is 1. The highest BCUT2D eigenvalue weighted by molar-refractivity contribution is 6.31. The Morgan fingerprint density at radius 1 is 1.67 bits per heavy atom. The fourth-order valence-electron chi connectivity index (χ4n) is 1.34. The van der Waals surface area contributed by atoms with Crippen LogP contribution in [0.25, 0.3) is 0 Å². The Labute approximate surface area is 95.0 Å². The average molecular weight is 224 g/mol. The second-order valence-electron chi connectivity index (χ2n) is 3.08. The molecule has 1 aromatic heterocycles. The summed E-state index contributed by atoms with van der Waals surface area (Å²) in [5.41, 5.74) is 3.70. The zero-order valence-electron chi connectivity index (χ0n) is 8.63. The molecule has 0 saturated carbocycles. The molecule has 3 nitrogen and oxygen atoms in total. The van der Waals surface area contributed by atoms with Crippen molar-refractivity contribution in [1.82, 2.24) is 10.4 Å². The quantitative estimate of drug-likeness (QED) is 0.467. The Hall–Kier alpha value is -1.08. The van der Waals surface area contributed by atoms with Gasteiger partial charge < -0.3 is 0 Å². The van der Waals surface area contributed by atoms with Gasteiger partial charge in [0.05, 0.1) is 5.02 Å².